The number of hydrogen-bond donors (Lipinski definition) is 1. The molecule has 1 aromatic rings. The molecule has 138 valence electrons. The van der Waals surface area contributed by atoms with E-state index in [4.69, 9.17) is 9.47 Å². The van der Waals surface area contributed by atoms with Crippen molar-refractivity contribution < 1.29 is 9.47 Å². The van der Waals surface area contributed by atoms with Crippen molar-refractivity contribution in [3.05, 3.63) is 35.9 Å². The molecule has 0 aromatic heterocycles. The van der Waals surface area contributed by atoms with Crippen LogP contribution in [-0.2, 0) is 15.9 Å². The monoisotopic (exact) mass is 344 g/mol. The molecule has 2 saturated heterocycles. The van der Waals surface area contributed by atoms with Crippen molar-refractivity contribution in [3.8, 4) is 0 Å². The number of rotatable bonds is 8. The summed E-state index contributed by atoms with van der Waals surface area (Å²) in [5, 5.41) is 3.97. The van der Waals surface area contributed by atoms with Crippen LogP contribution in [0, 0.1) is 11.8 Å². The van der Waals surface area contributed by atoms with Crippen molar-refractivity contribution in [1.82, 2.24) is 10.2 Å². The van der Waals surface area contributed by atoms with Crippen LogP contribution in [0.2, 0.25) is 0 Å². The van der Waals surface area contributed by atoms with Crippen molar-refractivity contribution in [2.45, 2.75) is 37.8 Å². The van der Waals surface area contributed by atoms with Crippen molar-refractivity contribution in [2.75, 3.05) is 46.1 Å². The van der Waals surface area contributed by atoms with Crippen LogP contribution in [-0.4, -0.2) is 63.0 Å². The van der Waals surface area contributed by atoms with Crippen LogP contribution in [0.3, 0.4) is 0 Å². The van der Waals surface area contributed by atoms with Gasteiger partial charge < -0.3 is 14.8 Å². The van der Waals surface area contributed by atoms with Gasteiger partial charge in [0.05, 0.1) is 19.8 Å². The van der Waals surface area contributed by atoms with Crippen molar-refractivity contribution in [2.24, 2.45) is 11.8 Å². The second kappa shape index (κ2) is 8.63. The van der Waals surface area contributed by atoms with Crippen LogP contribution in [0.4, 0.5) is 0 Å². The minimum Gasteiger partial charge on any atom is -0.381 e. The Morgan fingerprint density at radius 3 is 2.44 bits per heavy atom. The lowest BCUT2D eigenvalue weighted by molar-refractivity contribution is 0.000652. The SMILES string of the molecule is c1ccc(C[C@H](NC[C@H]([C@@H]2CCOC2)N2CCOCC2)C2CC2)cc1. The van der Waals surface area contributed by atoms with Gasteiger partial charge >= 0.3 is 0 Å². The molecule has 1 aliphatic carbocycles. The highest BCUT2D eigenvalue weighted by atomic mass is 16.5. The van der Waals surface area contributed by atoms with Crippen LogP contribution < -0.4 is 5.32 Å². The largest absolute Gasteiger partial charge is 0.381 e. The summed E-state index contributed by atoms with van der Waals surface area (Å²) in [4.78, 5) is 2.64. The van der Waals surface area contributed by atoms with Gasteiger partial charge in [0.1, 0.15) is 0 Å². The zero-order chi connectivity index (χ0) is 16.9. The van der Waals surface area contributed by atoms with Crippen LogP contribution in [0.5, 0.6) is 0 Å². The van der Waals surface area contributed by atoms with E-state index < -0.39 is 0 Å². The van der Waals surface area contributed by atoms with Crippen LogP contribution in [0.15, 0.2) is 30.3 Å². The van der Waals surface area contributed by atoms with E-state index in [0.717, 1.165) is 58.4 Å². The summed E-state index contributed by atoms with van der Waals surface area (Å²) in [6, 6.07) is 12.2. The van der Waals surface area contributed by atoms with Gasteiger partial charge in [0.15, 0.2) is 0 Å². The van der Waals surface area contributed by atoms with Gasteiger partial charge in [-0.2, -0.15) is 0 Å². The quantitative estimate of drug-likeness (QED) is 0.785. The van der Waals surface area contributed by atoms with Gasteiger partial charge in [0.25, 0.3) is 0 Å². The molecule has 1 N–H and O–H groups in total. The van der Waals surface area contributed by atoms with E-state index in [2.05, 4.69) is 40.5 Å². The molecule has 4 rings (SSSR count). The van der Waals surface area contributed by atoms with Gasteiger partial charge in [-0.25, -0.2) is 0 Å². The Kier molecular flexibility index (Phi) is 6.03. The first kappa shape index (κ1) is 17.5. The highest BCUT2D eigenvalue weighted by Gasteiger charge is 2.35. The second-order valence-corrected chi connectivity index (χ2v) is 7.88. The Hall–Kier alpha value is -0.940. The van der Waals surface area contributed by atoms with E-state index >= 15 is 0 Å². The third kappa shape index (κ3) is 4.82. The first-order valence-corrected chi connectivity index (χ1v) is 10.1. The summed E-state index contributed by atoms with van der Waals surface area (Å²) in [6.07, 6.45) is 5.14. The number of hydrogen-bond acceptors (Lipinski definition) is 4. The average molecular weight is 344 g/mol. The van der Waals surface area contributed by atoms with Gasteiger partial charge in [0, 0.05) is 44.2 Å². The molecule has 0 unspecified atom stereocenters. The fraction of sp³-hybridized carbons (Fsp3) is 0.714. The lowest BCUT2D eigenvalue weighted by Crippen LogP contribution is -2.53. The highest BCUT2D eigenvalue weighted by molar-refractivity contribution is 5.16. The molecular formula is C21H32N2O2. The Morgan fingerprint density at radius 1 is 0.960 bits per heavy atom. The summed E-state index contributed by atoms with van der Waals surface area (Å²) >= 11 is 0. The number of ether oxygens (including phenoxy) is 2. The highest BCUT2D eigenvalue weighted by Crippen LogP contribution is 2.34. The van der Waals surface area contributed by atoms with Gasteiger partial charge in [-0.3, -0.25) is 4.90 Å². The third-order valence-electron chi connectivity index (χ3n) is 6.10. The average Bonchev–Trinajstić information content (AvgIpc) is 3.38. The Bertz CT molecular complexity index is 508. The van der Waals surface area contributed by atoms with E-state index in [1.165, 1.54) is 24.8 Å². The van der Waals surface area contributed by atoms with E-state index in [9.17, 15) is 0 Å². The smallest absolute Gasteiger partial charge is 0.0594 e. The second-order valence-electron chi connectivity index (χ2n) is 7.88. The van der Waals surface area contributed by atoms with Crippen LogP contribution in [0.25, 0.3) is 0 Å². The molecule has 1 aromatic carbocycles. The Morgan fingerprint density at radius 2 is 1.76 bits per heavy atom. The third-order valence-corrected chi connectivity index (χ3v) is 6.10. The van der Waals surface area contributed by atoms with Crippen molar-refractivity contribution in [3.63, 3.8) is 0 Å². The molecule has 3 aliphatic rings. The standard InChI is InChI=1S/C21H32N2O2/c1-2-4-17(5-3-1)14-20(18-6-7-18)22-15-21(19-8-11-25-16-19)23-9-12-24-13-10-23/h1-5,18-22H,6-16H2/t19-,20+,21-/m1/s1. The minimum atomic E-state index is 0.587. The predicted octanol–water partition coefficient (Wildman–Crippen LogP) is 2.33. The molecule has 3 atom stereocenters. The fourth-order valence-corrected chi connectivity index (χ4v) is 4.40. The first-order valence-electron chi connectivity index (χ1n) is 10.1. The molecule has 3 fully saturated rings. The lowest BCUT2D eigenvalue weighted by Gasteiger charge is -2.38. The maximum Gasteiger partial charge on any atom is 0.0594 e. The summed E-state index contributed by atoms with van der Waals surface area (Å²) in [6.45, 7) is 6.83. The van der Waals surface area contributed by atoms with Gasteiger partial charge in [0.2, 0.25) is 0 Å². The fourth-order valence-electron chi connectivity index (χ4n) is 4.40. The van der Waals surface area contributed by atoms with Gasteiger partial charge in [-0.1, -0.05) is 30.3 Å². The summed E-state index contributed by atoms with van der Waals surface area (Å²) in [5.74, 6) is 1.53. The van der Waals surface area contributed by atoms with Crippen molar-refractivity contribution >= 4 is 0 Å². The van der Waals surface area contributed by atoms with Crippen LogP contribution in [0.1, 0.15) is 24.8 Å². The first-order chi connectivity index (χ1) is 12.4. The normalized spacial score (nSPS) is 27.3. The predicted molar refractivity (Wildman–Crippen MR) is 99.8 cm³/mol. The van der Waals surface area contributed by atoms with Crippen molar-refractivity contribution in [1.29, 1.82) is 0 Å². The molecular weight excluding hydrogens is 312 g/mol. The zero-order valence-corrected chi connectivity index (χ0v) is 15.2. The summed E-state index contributed by atoms with van der Waals surface area (Å²) in [7, 11) is 0. The molecule has 4 nitrogen and oxygen atoms in total. The Labute approximate surface area is 151 Å². The Balaban J connectivity index is 1.37. The summed E-state index contributed by atoms with van der Waals surface area (Å²) in [5.41, 5.74) is 1.46. The molecule has 0 bridgehead atoms. The lowest BCUT2D eigenvalue weighted by atomic mass is 9.95. The maximum absolute atomic E-state index is 5.71. The maximum atomic E-state index is 5.71. The molecule has 1 saturated carbocycles. The van der Waals surface area contributed by atoms with E-state index in [1.54, 1.807) is 0 Å². The molecule has 0 radical (unpaired) electrons. The summed E-state index contributed by atoms with van der Waals surface area (Å²) < 4.78 is 11.3. The van der Waals surface area contributed by atoms with E-state index in [0.29, 0.717) is 18.0 Å². The zero-order valence-electron chi connectivity index (χ0n) is 15.2. The molecule has 0 spiro atoms. The molecule has 2 aliphatic heterocycles. The number of nitrogens with zero attached hydrogens (tertiary/aromatic N) is 1. The van der Waals surface area contributed by atoms with E-state index in [1.807, 2.05) is 0 Å². The number of morpholine rings is 1. The van der Waals surface area contributed by atoms with Crippen LogP contribution >= 0.6 is 0 Å². The van der Waals surface area contributed by atoms with Gasteiger partial charge in [-0.05, 0) is 37.2 Å². The topological polar surface area (TPSA) is 33.7 Å². The van der Waals surface area contributed by atoms with Gasteiger partial charge in [-0.15, -0.1) is 0 Å². The number of benzene rings is 1. The minimum absolute atomic E-state index is 0.587. The molecule has 2 heterocycles. The molecule has 0 amide bonds. The molecule has 25 heavy (non-hydrogen) atoms. The number of nitrogens with one attached hydrogen (secondary N) is 1. The van der Waals surface area contributed by atoms with E-state index in [-0.39, 0.29) is 0 Å². The molecule has 4 heteroatoms.